The summed E-state index contributed by atoms with van der Waals surface area (Å²) >= 11 is 0. The summed E-state index contributed by atoms with van der Waals surface area (Å²) < 4.78 is 81.6. The van der Waals surface area contributed by atoms with E-state index < -0.39 is 62.6 Å². The van der Waals surface area contributed by atoms with Gasteiger partial charge in [0.1, 0.15) is 0 Å². The lowest BCUT2D eigenvalue weighted by Gasteiger charge is -2.25. The van der Waals surface area contributed by atoms with Crippen LogP contribution in [0.25, 0.3) is 10.9 Å². The number of anilines is 2. The van der Waals surface area contributed by atoms with Crippen LogP contribution in [0.1, 0.15) is 29.6 Å². The van der Waals surface area contributed by atoms with Crippen molar-refractivity contribution in [3.8, 4) is 0 Å². The van der Waals surface area contributed by atoms with Crippen LogP contribution in [0.5, 0.6) is 0 Å². The molecule has 180 valence electrons. The Bertz CT molecular complexity index is 1380. The van der Waals surface area contributed by atoms with Crippen molar-refractivity contribution in [2.75, 3.05) is 23.3 Å². The normalized spacial score (nSPS) is 16.3. The van der Waals surface area contributed by atoms with Crippen LogP contribution in [0, 0.1) is 11.6 Å². The van der Waals surface area contributed by atoms with Crippen molar-refractivity contribution in [2.24, 2.45) is 5.14 Å². The molecule has 2 heterocycles. The molecule has 34 heavy (non-hydrogen) atoms. The van der Waals surface area contributed by atoms with E-state index in [1.807, 2.05) is 0 Å². The SMILES string of the molecule is NS(=O)(=O)c1c(F)c(NC(=O)c2cnc3ccccc3c2)cc(N2CCCC(F)(F)CC2)c1F. The van der Waals surface area contributed by atoms with Gasteiger partial charge in [0.05, 0.1) is 22.5 Å². The predicted octanol–water partition coefficient (Wildman–Crippen LogP) is 4.04. The summed E-state index contributed by atoms with van der Waals surface area (Å²) in [5.74, 6) is -6.90. The minimum absolute atomic E-state index is 0.00102. The van der Waals surface area contributed by atoms with Crippen LogP contribution in [0.3, 0.4) is 0 Å². The maximum atomic E-state index is 15.1. The molecule has 1 fully saturated rings. The summed E-state index contributed by atoms with van der Waals surface area (Å²) in [6, 6.07) is 9.32. The number of sulfonamides is 1. The molecule has 0 aliphatic carbocycles. The Kier molecular flexibility index (Phi) is 6.21. The van der Waals surface area contributed by atoms with E-state index in [1.165, 1.54) is 17.2 Å². The number of benzene rings is 2. The molecular formula is C22H20F4N4O3S. The quantitative estimate of drug-likeness (QED) is 0.531. The second-order valence-electron chi connectivity index (χ2n) is 8.01. The molecule has 1 amide bonds. The largest absolute Gasteiger partial charge is 0.369 e. The number of nitrogens with zero attached hydrogens (tertiary/aromatic N) is 2. The van der Waals surface area contributed by atoms with Crippen LogP contribution in [0.2, 0.25) is 0 Å². The number of fused-ring (bicyclic) bond motifs is 1. The third-order valence-corrected chi connectivity index (χ3v) is 6.51. The third kappa shape index (κ3) is 4.82. The molecule has 0 radical (unpaired) electrons. The molecule has 7 nitrogen and oxygen atoms in total. The van der Waals surface area contributed by atoms with Crippen LogP contribution < -0.4 is 15.4 Å². The van der Waals surface area contributed by atoms with Crippen molar-refractivity contribution in [3.05, 3.63) is 59.8 Å². The lowest BCUT2D eigenvalue weighted by Crippen LogP contribution is -2.28. The molecule has 0 saturated carbocycles. The van der Waals surface area contributed by atoms with Gasteiger partial charge in [-0.25, -0.2) is 31.1 Å². The van der Waals surface area contributed by atoms with Crippen molar-refractivity contribution in [2.45, 2.75) is 30.1 Å². The van der Waals surface area contributed by atoms with Gasteiger partial charge in [0.2, 0.25) is 15.9 Å². The number of pyridine rings is 1. The number of amides is 1. The molecule has 1 aromatic heterocycles. The zero-order chi connectivity index (χ0) is 24.7. The Morgan fingerprint density at radius 2 is 1.82 bits per heavy atom. The highest BCUT2D eigenvalue weighted by atomic mass is 32.2. The fourth-order valence-corrected chi connectivity index (χ4v) is 4.58. The highest BCUT2D eigenvalue weighted by Gasteiger charge is 2.34. The van der Waals surface area contributed by atoms with E-state index in [2.05, 4.69) is 10.3 Å². The van der Waals surface area contributed by atoms with Crippen molar-refractivity contribution < 1.29 is 30.8 Å². The number of alkyl halides is 2. The summed E-state index contributed by atoms with van der Waals surface area (Å²) in [5.41, 5.74) is -0.455. The van der Waals surface area contributed by atoms with Crippen molar-refractivity contribution in [3.63, 3.8) is 0 Å². The molecular weight excluding hydrogens is 476 g/mol. The van der Waals surface area contributed by atoms with Gasteiger partial charge in [0, 0.05) is 37.5 Å². The van der Waals surface area contributed by atoms with Crippen LogP contribution in [0.15, 0.2) is 47.5 Å². The minimum Gasteiger partial charge on any atom is -0.369 e. The Morgan fingerprint density at radius 3 is 2.56 bits per heavy atom. The first-order valence-corrected chi connectivity index (χ1v) is 11.8. The second-order valence-corrected chi connectivity index (χ2v) is 9.51. The van der Waals surface area contributed by atoms with Gasteiger partial charge in [-0.05, 0) is 24.6 Å². The van der Waals surface area contributed by atoms with Crippen molar-refractivity contribution >= 4 is 38.2 Å². The van der Waals surface area contributed by atoms with E-state index in [9.17, 15) is 22.0 Å². The fourth-order valence-electron chi connectivity index (χ4n) is 3.86. The van der Waals surface area contributed by atoms with Crippen LogP contribution in [-0.4, -0.2) is 38.3 Å². The van der Waals surface area contributed by atoms with E-state index in [0.29, 0.717) is 10.9 Å². The van der Waals surface area contributed by atoms with Gasteiger partial charge in [-0.2, -0.15) is 0 Å². The molecule has 3 N–H and O–H groups in total. The number of rotatable bonds is 4. The second kappa shape index (κ2) is 8.84. The molecule has 0 atom stereocenters. The number of hydrogen-bond donors (Lipinski definition) is 2. The first-order chi connectivity index (χ1) is 16.0. The van der Waals surface area contributed by atoms with Crippen LogP contribution in [-0.2, 0) is 10.0 Å². The number of para-hydroxylation sites is 1. The third-order valence-electron chi connectivity index (χ3n) is 5.59. The lowest BCUT2D eigenvalue weighted by atomic mass is 10.1. The molecule has 0 spiro atoms. The minimum atomic E-state index is -4.90. The molecule has 3 aromatic rings. The van der Waals surface area contributed by atoms with Gasteiger partial charge in [0.25, 0.3) is 5.91 Å². The Hall–Kier alpha value is -3.25. The van der Waals surface area contributed by atoms with Crippen LogP contribution >= 0.6 is 0 Å². The van der Waals surface area contributed by atoms with Gasteiger partial charge in [0.15, 0.2) is 16.5 Å². The predicted molar refractivity (Wildman–Crippen MR) is 118 cm³/mol. The highest BCUT2D eigenvalue weighted by Crippen LogP contribution is 2.36. The fraction of sp³-hybridized carbons (Fsp3) is 0.273. The van der Waals surface area contributed by atoms with Gasteiger partial charge >= 0.3 is 0 Å². The van der Waals surface area contributed by atoms with E-state index in [1.54, 1.807) is 24.3 Å². The van der Waals surface area contributed by atoms with Gasteiger partial charge in [-0.1, -0.05) is 18.2 Å². The number of aromatic nitrogens is 1. The van der Waals surface area contributed by atoms with E-state index in [4.69, 9.17) is 5.14 Å². The average molecular weight is 496 g/mol. The van der Waals surface area contributed by atoms with Gasteiger partial charge in [-0.15, -0.1) is 0 Å². The van der Waals surface area contributed by atoms with Gasteiger partial charge in [-0.3, -0.25) is 9.78 Å². The smallest absolute Gasteiger partial charge is 0.257 e. The van der Waals surface area contributed by atoms with Crippen molar-refractivity contribution in [1.82, 2.24) is 4.98 Å². The number of primary sulfonamides is 1. The summed E-state index contributed by atoms with van der Waals surface area (Å²) in [5, 5.41) is 7.89. The van der Waals surface area contributed by atoms with E-state index in [0.717, 1.165) is 6.07 Å². The maximum Gasteiger partial charge on any atom is 0.257 e. The average Bonchev–Trinajstić information content (AvgIpc) is 2.94. The van der Waals surface area contributed by atoms with Gasteiger partial charge < -0.3 is 10.2 Å². The summed E-state index contributed by atoms with van der Waals surface area (Å²) in [6.07, 6.45) is 0.225. The number of carbonyl (C=O) groups excluding carboxylic acids is 1. The molecule has 12 heteroatoms. The Labute approximate surface area is 192 Å². The summed E-state index contributed by atoms with van der Waals surface area (Å²) in [4.78, 5) is 16.7. The maximum absolute atomic E-state index is 15.1. The number of halogens is 4. The zero-order valence-electron chi connectivity index (χ0n) is 17.7. The number of nitrogens with one attached hydrogen (secondary N) is 1. The number of nitrogens with two attached hydrogens (primary N) is 1. The molecule has 1 aliphatic heterocycles. The molecule has 0 unspecified atom stereocenters. The molecule has 2 aromatic carbocycles. The topological polar surface area (TPSA) is 105 Å². The van der Waals surface area contributed by atoms with E-state index in [-0.39, 0.29) is 25.1 Å². The Morgan fingerprint density at radius 1 is 1.09 bits per heavy atom. The highest BCUT2D eigenvalue weighted by molar-refractivity contribution is 7.89. The standard InChI is InChI=1S/C22H20F4N4O3S/c23-18-16(29-21(31)14-10-13-4-1-2-5-15(13)28-12-14)11-17(19(24)20(18)34(27,32)33)30-8-3-6-22(25,26)7-9-30/h1-2,4-5,10-12H,3,6-9H2,(H,29,31)(H2,27,32,33). The van der Waals surface area contributed by atoms with Crippen LogP contribution in [0.4, 0.5) is 28.9 Å². The lowest BCUT2D eigenvalue weighted by molar-refractivity contribution is -0.0102. The molecule has 1 aliphatic rings. The zero-order valence-corrected chi connectivity index (χ0v) is 18.5. The monoisotopic (exact) mass is 496 g/mol. The molecule has 4 rings (SSSR count). The first-order valence-electron chi connectivity index (χ1n) is 10.3. The molecule has 0 bridgehead atoms. The summed E-state index contributed by atoms with van der Waals surface area (Å²) in [7, 11) is -4.90. The van der Waals surface area contributed by atoms with Crippen molar-refractivity contribution in [1.29, 1.82) is 0 Å². The van der Waals surface area contributed by atoms with E-state index >= 15 is 8.78 Å². The first kappa shape index (κ1) is 23.9. The summed E-state index contributed by atoms with van der Waals surface area (Å²) in [6.45, 7) is -0.328. The number of hydrogen-bond acceptors (Lipinski definition) is 5. The Balaban J connectivity index is 1.75. The molecule has 1 saturated heterocycles. The number of carbonyl (C=O) groups is 1.